The lowest BCUT2D eigenvalue weighted by Crippen LogP contribution is -1.90. The SMILES string of the molecule is CCOc1ccc(C=Cc2nccs2)cc1. The van der Waals surface area contributed by atoms with Gasteiger partial charge in [-0.1, -0.05) is 18.2 Å². The Kier molecular flexibility index (Phi) is 3.72. The second kappa shape index (κ2) is 5.47. The maximum atomic E-state index is 5.38. The zero-order valence-electron chi connectivity index (χ0n) is 9.09. The van der Waals surface area contributed by atoms with Crippen molar-refractivity contribution < 1.29 is 4.74 Å². The van der Waals surface area contributed by atoms with Crippen LogP contribution in [0.2, 0.25) is 0 Å². The molecule has 2 nitrogen and oxygen atoms in total. The monoisotopic (exact) mass is 231 g/mol. The van der Waals surface area contributed by atoms with E-state index in [0.717, 1.165) is 16.3 Å². The Balaban J connectivity index is 2.05. The van der Waals surface area contributed by atoms with Gasteiger partial charge in [-0.05, 0) is 30.7 Å². The molecule has 0 aliphatic rings. The van der Waals surface area contributed by atoms with Gasteiger partial charge in [0.05, 0.1) is 6.61 Å². The molecule has 0 aliphatic heterocycles. The average molecular weight is 231 g/mol. The molecule has 16 heavy (non-hydrogen) atoms. The molecule has 0 saturated carbocycles. The molecule has 0 bridgehead atoms. The first kappa shape index (κ1) is 10.9. The van der Waals surface area contributed by atoms with Gasteiger partial charge in [0.2, 0.25) is 0 Å². The molecule has 82 valence electrons. The number of nitrogens with zero attached hydrogens (tertiary/aromatic N) is 1. The van der Waals surface area contributed by atoms with Crippen molar-refractivity contribution in [3.05, 3.63) is 46.4 Å². The molecule has 1 aromatic carbocycles. The number of thiazole rings is 1. The molecule has 0 atom stereocenters. The second-order valence-corrected chi connectivity index (χ2v) is 4.13. The van der Waals surface area contributed by atoms with E-state index in [2.05, 4.69) is 11.1 Å². The van der Waals surface area contributed by atoms with E-state index in [1.165, 1.54) is 0 Å². The maximum Gasteiger partial charge on any atom is 0.119 e. The van der Waals surface area contributed by atoms with Gasteiger partial charge in [-0.15, -0.1) is 11.3 Å². The molecule has 0 spiro atoms. The van der Waals surface area contributed by atoms with Crippen LogP contribution >= 0.6 is 11.3 Å². The van der Waals surface area contributed by atoms with Crippen LogP contribution in [0.3, 0.4) is 0 Å². The van der Waals surface area contributed by atoms with E-state index < -0.39 is 0 Å². The molecule has 3 heteroatoms. The Hall–Kier alpha value is -1.61. The summed E-state index contributed by atoms with van der Waals surface area (Å²) in [6, 6.07) is 8.03. The van der Waals surface area contributed by atoms with E-state index in [1.807, 2.05) is 48.8 Å². The molecular formula is C13H13NOS. The molecule has 1 heterocycles. The molecule has 2 rings (SSSR count). The van der Waals surface area contributed by atoms with Crippen molar-refractivity contribution in [2.75, 3.05) is 6.61 Å². The average Bonchev–Trinajstić information content (AvgIpc) is 2.82. The number of aromatic nitrogens is 1. The van der Waals surface area contributed by atoms with Crippen LogP contribution in [0.1, 0.15) is 17.5 Å². The first-order valence-corrected chi connectivity index (χ1v) is 6.07. The molecule has 0 N–H and O–H groups in total. The first-order chi connectivity index (χ1) is 7.88. The van der Waals surface area contributed by atoms with Gasteiger partial charge in [0.15, 0.2) is 0 Å². The highest BCUT2D eigenvalue weighted by Crippen LogP contribution is 2.15. The molecule has 0 unspecified atom stereocenters. The number of hydrogen-bond acceptors (Lipinski definition) is 3. The highest BCUT2D eigenvalue weighted by molar-refractivity contribution is 7.10. The third-order valence-electron chi connectivity index (χ3n) is 2.06. The number of ether oxygens (including phenoxy) is 1. The van der Waals surface area contributed by atoms with Crippen molar-refractivity contribution in [3.63, 3.8) is 0 Å². The Morgan fingerprint density at radius 1 is 1.25 bits per heavy atom. The number of hydrogen-bond donors (Lipinski definition) is 0. The van der Waals surface area contributed by atoms with Crippen molar-refractivity contribution >= 4 is 23.5 Å². The summed E-state index contributed by atoms with van der Waals surface area (Å²) in [7, 11) is 0. The summed E-state index contributed by atoms with van der Waals surface area (Å²) in [6.07, 6.45) is 5.87. The van der Waals surface area contributed by atoms with E-state index in [4.69, 9.17) is 4.74 Å². The van der Waals surface area contributed by atoms with E-state index in [0.29, 0.717) is 6.61 Å². The Morgan fingerprint density at radius 3 is 2.69 bits per heavy atom. The lowest BCUT2D eigenvalue weighted by molar-refractivity contribution is 0.340. The van der Waals surface area contributed by atoms with Crippen LogP contribution in [-0.4, -0.2) is 11.6 Å². The summed E-state index contributed by atoms with van der Waals surface area (Å²) in [5.74, 6) is 0.911. The standard InChI is InChI=1S/C13H13NOS/c1-2-15-12-6-3-11(4-7-12)5-8-13-14-9-10-16-13/h3-10H,2H2,1H3. The lowest BCUT2D eigenvalue weighted by atomic mass is 10.2. The molecule has 0 fully saturated rings. The molecule has 0 radical (unpaired) electrons. The van der Waals surface area contributed by atoms with Gasteiger partial charge < -0.3 is 4.74 Å². The Bertz CT molecular complexity index is 445. The van der Waals surface area contributed by atoms with Gasteiger partial charge in [-0.25, -0.2) is 4.98 Å². The summed E-state index contributed by atoms with van der Waals surface area (Å²) in [4.78, 5) is 4.19. The summed E-state index contributed by atoms with van der Waals surface area (Å²) >= 11 is 1.63. The minimum Gasteiger partial charge on any atom is -0.494 e. The van der Waals surface area contributed by atoms with Gasteiger partial charge in [-0.2, -0.15) is 0 Å². The fraction of sp³-hybridized carbons (Fsp3) is 0.154. The van der Waals surface area contributed by atoms with Gasteiger partial charge in [0.1, 0.15) is 10.8 Å². The third kappa shape index (κ3) is 2.94. The summed E-state index contributed by atoms with van der Waals surface area (Å²) < 4.78 is 5.38. The first-order valence-electron chi connectivity index (χ1n) is 5.19. The normalized spacial score (nSPS) is 10.8. The zero-order valence-corrected chi connectivity index (χ0v) is 9.91. The summed E-state index contributed by atoms with van der Waals surface area (Å²) in [5, 5.41) is 2.99. The van der Waals surface area contributed by atoms with Gasteiger partial charge in [-0.3, -0.25) is 0 Å². The van der Waals surface area contributed by atoms with E-state index >= 15 is 0 Å². The minimum absolute atomic E-state index is 0.703. The third-order valence-corrected chi connectivity index (χ3v) is 2.80. The smallest absolute Gasteiger partial charge is 0.119 e. The van der Waals surface area contributed by atoms with E-state index in [1.54, 1.807) is 11.3 Å². The Labute approximate surface area is 99.2 Å². The van der Waals surface area contributed by atoms with Crippen LogP contribution in [0.5, 0.6) is 5.75 Å². The van der Waals surface area contributed by atoms with E-state index in [9.17, 15) is 0 Å². The van der Waals surface area contributed by atoms with Crippen molar-refractivity contribution in [3.8, 4) is 5.75 Å². The van der Waals surface area contributed by atoms with Crippen LogP contribution in [0.4, 0.5) is 0 Å². The van der Waals surface area contributed by atoms with Crippen LogP contribution in [0, 0.1) is 0 Å². The quantitative estimate of drug-likeness (QED) is 0.800. The van der Waals surface area contributed by atoms with Crippen LogP contribution in [0.25, 0.3) is 12.2 Å². The largest absolute Gasteiger partial charge is 0.494 e. The topological polar surface area (TPSA) is 22.1 Å². The van der Waals surface area contributed by atoms with Crippen LogP contribution < -0.4 is 4.74 Å². The molecule has 0 amide bonds. The zero-order chi connectivity index (χ0) is 11.2. The molecule has 1 aromatic heterocycles. The molecule has 0 aliphatic carbocycles. The summed E-state index contributed by atoms with van der Waals surface area (Å²) in [6.45, 7) is 2.69. The lowest BCUT2D eigenvalue weighted by Gasteiger charge is -2.01. The summed E-state index contributed by atoms with van der Waals surface area (Å²) in [5.41, 5.74) is 1.15. The number of benzene rings is 1. The predicted octanol–water partition coefficient (Wildman–Crippen LogP) is 3.71. The molecule has 0 saturated heterocycles. The minimum atomic E-state index is 0.703. The maximum absolute atomic E-state index is 5.38. The van der Waals surface area contributed by atoms with Crippen LogP contribution in [-0.2, 0) is 0 Å². The van der Waals surface area contributed by atoms with Crippen LogP contribution in [0.15, 0.2) is 35.8 Å². The highest BCUT2D eigenvalue weighted by Gasteiger charge is 1.92. The molecular weight excluding hydrogens is 218 g/mol. The van der Waals surface area contributed by atoms with Crippen molar-refractivity contribution in [1.29, 1.82) is 0 Å². The Morgan fingerprint density at radius 2 is 2.06 bits per heavy atom. The van der Waals surface area contributed by atoms with Gasteiger partial charge in [0.25, 0.3) is 0 Å². The fourth-order valence-corrected chi connectivity index (χ4v) is 1.86. The second-order valence-electron chi connectivity index (χ2n) is 3.21. The van der Waals surface area contributed by atoms with Crippen molar-refractivity contribution in [2.24, 2.45) is 0 Å². The highest BCUT2D eigenvalue weighted by atomic mass is 32.1. The van der Waals surface area contributed by atoms with E-state index in [-0.39, 0.29) is 0 Å². The number of rotatable bonds is 4. The fourth-order valence-electron chi connectivity index (χ4n) is 1.33. The van der Waals surface area contributed by atoms with Crippen molar-refractivity contribution in [2.45, 2.75) is 6.92 Å². The molecule has 2 aromatic rings. The van der Waals surface area contributed by atoms with Crippen molar-refractivity contribution in [1.82, 2.24) is 4.98 Å². The van der Waals surface area contributed by atoms with Gasteiger partial charge in [0, 0.05) is 11.6 Å². The predicted molar refractivity (Wildman–Crippen MR) is 68.7 cm³/mol. The van der Waals surface area contributed by atoms with Gasteiger partial charge >= 0.3 is 0 Å².